The molecule has 0 aliphatic carbocycles. The lowest BCUT2D eigenvalue weighted by atomic mass is 9.86. The van der Waals surface area contributed by atoms with Gasteiger partial charge in [-0.15, -0.1) is 11.6 Å². The molecule has 1 N–H and O–H groups in total. The lowest BCUT2D eigenvalue weighted by molar-refractivity contribution is 0.202. The highest BCUT2D eigenvalue weighted by molar-refractivity contribution is 6.18. The molecular formula is C12H17ClO. The average molecular weight is 213 g/mol. The number of benzene rings is 1. The van der Waals surface area contributed by atoms with Crippen LogP contribution in [0.15, 0.2) is 24.3 Å². The van der Waals surface area contributed by atoms with E-state index in [1.807, 2.05) is 24.3 Å². The average Bonchev–Trinajstić information content (AvgIpc) is 2.15. The summed E-state index contributed by atoms with van der Waals surface area (Å²) < 4.78 is 0. The van der Waals surface area contributed by atoms with Crippen LogP contribution in [0.1, 0.15) is 38.0 Å². The molecule has 0 heterocycles. The van der Waals surface area contributed by atoms with Crippen LogP contribution < -0.4 is 0 Å². The van der Waals surface area contributed by atoms with E-state index in [2.05, 4.69) is 20.8 Å². The van der Waals surface area contributed by atoms with E-state index in [0.29, 0.717) is 0 Å². The molecule has 0 unspecified atom stereocenters. The minimum Gasteiger partial charge on any atom is -0.387 e. The molecule has 0 saturated heterocycles. The fourth-order valence-corrected chi connectivity index (χ4v) is 1.47. The summed E-state index contributed by atoms with van der Waals surface area (Å²) in [6.45, 7) is 6.50. The molecular weight excluding hydrogens is 196 g/mol. The first-order chi connectivity index (χ1) is 6.45. The van der Waals surface area contributed by atoms with E-state index in [0.717, 1.165) is 5.56 Å². The van der Waals surface area contributed by atoms with E-state index < -0.39 is 6.10 Å². The van der Waals surface area contributed by atoms with Crippen LogP contribution >= 0.6 is 11.6 Å². The van der Waals surface area contributed by atoms with Gasteiger partial charge < -0.3 is 5.11 Å². The fraction of sp³-hybridized carbons (Fsp3) is 0.500. The summed E-state index contributed by atoms with van der Waals surface area (Å²) in [5.41, 5.74) is 2.31. The van der Waals surface area contributed by atoms with E-state index >= 15 is 0 Å². The standard InChI is InChI=1S/C12H17ClO/c1-12(2,3)10-6-4-9(5-7-10)11(14)8-13/h4-7,11,14H,8H2,1-3H3/t11-/m1/s1. The Morgan fingerprint density at radius 2 is 1.71 bits per heavy atom. The summed E-state index contributed by atoms with van der Waals surface area (Å²) in [6, 6.07) is 7.97. The van der Waals surface area contributed by atoms with Gasteiger partial charge in [-0.05, 0) is 16.5 Å². The molecule has 0 aliphatic heterocycles. The zero-order chi connectivity index (χ0) is 10.8. The van der Waals surface area contributed by atoms with Crippen LogP contribution in [-0.2, 0) is 5.41 Å². The Bertz CT molecular complexity index is 284. The van der Waals surface area contributed by atoms with E-state index in [-0.39, 0.29) is 11.3 Å². The Morgan fingerprint density at radius 3 is 2.07 bits per heavy atom. The predicted octanol–water partition coefficient (Wildman–Crippen LogP) is 3.26. The van der Waals surface area contributed by atoms with Crippen molar-refractivity contribution in [2.45, 2.75) is 32.3 Å². The Labute approximate surface area is 90.7 Å². The van der Waals surface area contributed by atoms with Gasteiger partial charge in [-0.3, -0.25) is 0 Å². The van der Waals surface area contributed by atoms with Crippen LogP contribution in [0.2, 0.25) is 0 Å². The number of halogens is 1. The largest absolute Gasteiger partial charge is 0.387 e. The Hall–Kier alpha value is -0.530. The second-order valence-electron chi connectivity index (χ2n) is 4.54. The van der Waals surface area contributed by atoms with Gasteiger partial charge in [-0.2, -0.15) is 0 Å². The molecule has 0 aromatic heterocycles. The van der Waals surface area contributed by atoms with Gasteiger partial charge >= 0.3 is 0 Å². The van der Waals surface area contributed by atoms with Crippen LogP contribution in [0.3, 0.4) is 0 Å². The topological polar surface area (TPSA) is 20.2 Å². The van der Waals surface area contributed by atoms with Gasteiger partial charge in [-0.25, -0.2) is 0 Å². The zero-order valence-electron chi connectivity index (χ0n) is 8.92. The number of alkyl halides is 1. The Balaban J connectivity index is 2.89. The van der Waals surface area contributed by atoms with Crippen molar-refractivity contribution in [3.05, 3.63) is 35.4 Å². The van der Waals surface area contributed by atoms with Gasteiger partial charge in [0, 0.05) is 0 Å². The molecule has 2 heteroatoms. The Kier molecular flexibility index (Phi) is 3.57. The van der Waals surface area contributed by atoms with Gasteiger partial charge in [0.1, 0.15) is 0 Å². The van der Waals surface area contributed by atoms with Crippen molar-refractivity contribution in [3.63, 3.8) is 0 Å². The highest BCUT2D eigenvalue weighted by atomic mass is 35.5. The van der Waals surface area contributed by atoms with E-state index in [9.17, 15) is 5.11 Å². The van der Waals surface area contributed by atoms with Crippen molar-refractivity contribution < 1.29 is 5.11 Å². The highest BCUT2D eigenvalue weighted by Crippen LogP contribution is 2.24. The molecule has 1 rings (SSSR count). The van der Waals surface area contributed by atoms with Gasteiger partial charge in [-0.1, -0.05) is 45.0 Å². The zero-order valence-corrected chi connectivity index (χ0v) is 9.67. The lowest BCUT2D eigenvalue weighted by Gasteiger charge is -2.19. The van der Waals surface area contributed by atoms with Crippen molar-refractivity contribution >= 4 is 11.6 Å². The first-order valence-corrected chi connectivity index (χ1v) is 5.33. The minimum atomic E-state index is -0.550. The third-order valence-electron chi connectivity index (χ3n) is 2.31. The first-order valence-electron chi connectivity index (χ1n) is 4.79. The predicted molar refractivity (Wildman–Crippen MR) is 60.8 cm³/mol. The van der Waals surface area contributed by atoms with Crippen LogP contribution in [0.4, 0.5) is 0 Å². The van der Waals surface area contributed by atoms with E-state index in [4.69, 9.17) is 11.6 Å². The molecule has 78 valence electrons. The van der Waals surface area contributed by atoms with Crippen molar-refractivity contribution in [1.82, 2.24) is 0 Å². The van der Waals surface area contributed by atoms with Crippen LogP contribution in [0, 0.1) is 0 Å². The van der Waals surface area contributed by atoms with Crippen molar-refractivity contribution in [1.29, 1.82) is 0 Å². The van der Waals surface area contributed by atoms with Gasteiger partial charge in [0.25, 0.3) is 0 Å². The fourth-order valence-electron chi connectivity index (χ4n) is 1.29. The highest BCUT2D eigenvalue weighted by Gasteiger charge is 2.13. The summed E-state index contributed by atoms with van der Waals surface area (Å²) in [4.78, 5) is 0. The summed E-state index contributed by atoms with van der Waals surface area (Å²) in [7, 11) is 0. The molecule has 0 bridgehead atoms. The number of hydrogen-bond donors (Lipinski definition) is 1. The normalized spacial score (nSPS) is 14.1. The Morgan fingerprint density at radius 1 is 1.21 bits per heavy atom. The molecule has 1 aromatic rings. The minimum absolute atomic E-state index is 0.157. The molecule has 14 heavy (non-hydrogen) atoms. The molecule has 1 atom stereocenters. The van der Waals surface area contributed by atoms with Crippen LogP contribution in [0.25, 0.3) is 0 Å². The maximum absolute atomic E-state index is 9.49. The third-order valence-corrected chi connectivity index (χ3v) is 2.60. The second-order valence-corrected chi connectivity index (χ2v) is 4.85. The molecule has 0 spiro atoms. The summed E-state index contributed by atoms with van der Waals surface area (Å²) in [5, 5.41) is 9.49. The number of aliphatic hydroxyl groups is 1. The summed E-state index contributed by atoms with van der Waals surface area (Å²) in [5.74, 6) is 0.245. The molecule has 0 fully saturated rings. The SMILES string of the molecule is CC(C)(C)c1ccc([C@H](O)CCl)cc1. The van der Waals surface area contributed by atoms with Gasteiger partial charge in [0.05, 0.1) is 12.0 Å². The van der Waals surface area contributed by atoms with Crippen molar-refractivity contribution in [2.75, 3.05) is 5.88 Å². The first kappa shape index (κ1) is 11.5. The summed E-state index contributed by atoms with van der Waals surface area (Å²) >= 11 is 5.57. The monoisotopic (exact) mass is 212 g/mol. The molecule has 1 aromatic carbocycles. The van der Waals surface area contributed by atoms with Crippen LogP contribution in [0.5, 0.6) is 0 Å². The lowest BCUT2D eigenvalue weighted by Crippen LogP contribution is -2.11. The third kappa shape index (κ3) is 2.73. The van der Waals surface area contributed by atoms with E-state index in [1.54, 1.807) is 0 Å². The number of hydrogen-bond acceptors (Lipinski definition) is 1. The maximum Gasteiger partial charge on any atom is 0.0925 e. The van der Waals surface area contributed by atoms with Crippen molar-refractivity contribution in [3.8, 4) is 0 Å². The number of aliphatic hydroxyl groups excluding tert-OH is 1. The quantitative estimate of drug-likeness (QED) is 0.747. The molecule has 1 nitrogen and oxygen atoms in total. The van der Waals surface area contributed by atoms with Gasteiger partial charge in [0.15, 0.2) is 0 Å². The summed E-state index contributed by atoms with van der Waals surface area (Å²) in [6.07, 6.45) is -0.550. The maximum atomic E-state index is 9.49. The number of rotatable bonds is 2. The second kappa shape index (κ2) is 4.33. The van der Waals surface area contributed by atoms with Gasteiger partial charge in [0.2, 0.25) is 0 Å². The van der Waals surface area contributed by atoms with E-state index in [1.165, 1.54) is 5.56 Å². The molecule has 0 amide bonds. The van der Waals surface area contributed by atoms with Crippen molar-refractivity contribution in [2.24, 2.45) is 0 Å². The molecule has 0 radical (unpaired) electrons. The smallest absolute Gasteiger partial charge is 0.0925 e. The molecule has 0 aliphatic rings. The van der Waals surface area contributed by atoms with Crippen LogP contribution in [-0.4, -0.2) is 11.0 Å². The molecule has 0 saturated carbocycles.